The van der Waals surface area contributed by atoms with E-state index in [1.165, 1.54) is 44.9 Å². The molecule has 6 nitrogen and oxygen atoms in total. The Morgan fingerprint density at radius 2 is 1.12 bits per heavy atom. The SMILES string of the molecule is CCCCCCCCCCCCO[C@H]([C@@H](O)[C@@H](O)CO)[C@@H](O)CO. The standard InChI is InChI=1S/C18H38O6/c1-2-3-4-5-6-7-8-9-10-11-12-24-18(16(22)14-20)17(23)15(21)13-19/h15-23H,2-14H2,1H3/t15-,16-,17-,18-/m0/s1. The van der Waals surface area contributed by atoms with E-state index in [0.717, 1.165) is 19.3 Å². The maximum Gasteiger partial charge on any atom is 0.114 e. The van der Waals surface area contributed by atoms with Crippen LogP contribution >= 0.6 is 0 Å². The summed E-state index contributed by atoms with van der Waals surface area (Å²) in [6, 6.07) is 0. The Bertz CT molecular complexity index is 264. The minimum atomic E-state index is -1.43. The van der Waals surface area contributed by atoms with Crippen LogP contribution in [0.4, 0.5) is 0 Å². The maximum atomic E-state index is 9.83. The molecule has 0 saturated carbocycles. The summed E-state index contributed by atoms with van der Waals surface area (Å²) in [6.07, 6.45) is 6.75. The van der Waals surface area contributed by atoms with Crippen molar-refractivity contribution in [2.45, 2.75) is 95.5 Å². The first-order chi connectivity index (χ1) is 11.6. The van der Waals surface area contributed by atoms with Crippen LogP contribution in [-0.4, -0.2) is 69.8 Å². The molecular formula is C18H38O6. The van der Waals surface area contributed by atoms with Crippen molar-refractivity contribution in [2.75, 3.05) is 19.8 Å². The van der Waals surface area contributed by atoms with Gasteiger partial charge in [0.15, 0.2) is 0 Å². The molecule has 0 radical (unpaired) electrons. The Balaban J connectivity index is 3.73. The molecule has 0 aliphatic rings. The molecule has 0 bridgehead atoms. The number of hydrogen-bond acceptors (Lipinski definition) is 6. The van der Waals surface area contributed by atoms with E-state index < -0.39 is 37.6 Å². The van der Waals surface area contributed by atoms with E-state index >= 15 is 0 Å². The molecule has 6 heteroatoms. The first-order valence-corrected chi connectivity index (χ1v) is 9.46. The van der Waals surface area contributed by atoms with Crippen molar-refractivity contribution in [3.05, 3.63) is 0 Å². The lowest BCUT2D eigenvalue weighted by molar-refractivity contribution is -0.149. The van der Waals surface area contributed by atoms with Crippen LogP contribution in [0.1, 0.15) is 71.1 Å². The highest BCUT2D eigenvalue weighted by atomic mass is 16.5. The van der Waals surface area contributed by atoms with Gasteiger partial charge in [-0.3, -0.25) is 0 Å². The molecule has 0 unspecified atom stereocenters. The van der Waals surface area contributed by atoms with E-state index in [2.05, 4.69) is 6.92 Å². The molecule has 0 spiro atoms. The minimum Gasteiger partial charge on any atom is -0.394 e. The number of aliphatic hydroxyl groups excluding tert-OH is 5. The lowest BCUT2D eigenvalue weighted by Gasteiger charge is -2.29. The predicted octanol–water partition coefficient (Wildman–Crippen LogP) is 1.36. The summed E-state index contributed by atoms with van der Waals surface area (Å²) in [4.78, 5) is 0. The highest BCUT2D eigenvalue weighted by Crippen LogP contribution is 2.13. The first-order valence-electron chi connectivity index (χ1n) is 9.46. The van der Waals surface area contributed by atoms with Gasteiger partial charge in [-0.2, -0.15) is 0 Å². The zero-order valence-electron chi connectivity index (χ0n) is 15.1. The summed E-state index contributed by atoms with van der Waals surface area (Å²) in [7, 11) is 0. The van der Waals surface area contributed by atoms with Crippen LogP contribution in [0.5, 0.6) is 0 Å². The van der Waals surface area contributed by atoms with Crippen molar-refractivity contribution in [1.82, 2.24) is 0 Å². The third-order valence-corrected chi connectivity index (χ3v) is 4.29. The van der Waals surface area contributed by atoms with Crippen LogP contribution in [0.15, 0.2) is 0 Å². The molecule has 0 amide bonds. The van der Waals surface area contributed by atoms with Crippen LogP contribution in [0, 0.1) is 0 Å². The molecule has 0 aromatic carbocycles. The fraction of sp³-hybridized carbons (Fsp3) is 1.00. The predicted molar refractivity (Wildman–Crippen MR) is 93.8 cm³/mol. The molecule has 0 heterocycles. The summed E-state index contributed by atoms with van der Waals surface area (Å²) in [5.41, 5.74) is 0. The van der Waals surface area contributed by atoms with Gasteiger partial charge in [0.05, 0.1) is 13.2 Å². The quantitative estimate of drug-likeness (QED) is 0.253. The normalized spacial score (nSPS) is 16.8. The van der Waals surface area contributed by atoms with Gasteiger partial charge in [-0.1, -0.05) is 64.7 Å². The van der Waals surface area contributed by atoms with E-state index in [0.29, 0.717) is 6.61 Å². The highest BCUT2D eigenvalue weighted by molar-refractivity contribution is 4.81. The first kappa shape index (κ1) is 23.8. The summed E-state index contributed by atoms with van der Waals surface area (Å²) >= 11 is 0. The number of unbranched alkanes of at least 4 members (excludes halogenated alkanes) is 9. The van der Waals surface area contributed by atoms with Crippen molar-refractivity contribution < 1.29 is 30.3 Å². The lowest BCUT2D eigenvalue weighted by Crippen LogP contribution is -2.48. The third-order valence-electron chi connectivity index (χ3n) is 4.29. The van der Waals surface area contributed by atoms with E-state index in [4.69, 9.17) is 14.9 Å². The molecule has 0 aliphatic heterocycles. The van der Waals surface area contributed by atoms with E-state index in [9.17, 15) is 15.3 Å². The molecule has 0 saturated heterocycles. The van der Waals surface area contributed by atoms with Gasteiger partial charge in [-0.15, -0.1) is 0 Å². The van der Waals surface area contributed by atoms with Gasteiger partial charge >= 0.3 is 0 Å². The fourth-order valence-electron chi connectivity index (χ4n) is 2.68. The molecule has 0 rings (SSSR count). The Hall–Kier alpha value is -0.240. The van der Waals surface area contributed by atoms with Gasteiger partial charge in [0.25, 0.3) is 0 Å². The monoisotopic (exact) mass is 350 g/mol. The average Bonchev–Trinajstić information content (AvgIpc) is 2.60. The second-order valence-corrected chi connectivity index (χ2v) is 6.51. The molecule has 0 fully saturated rings. The van der Waals surface area contributed by atoms with Gasteiger partial charge < -0.3 is 30.3 Å². The summed E-state index contributed by atoms with van der Waals surface area (Å²) in [5.74, 6) is 0. The fourth-order valence-corrected chi connectivity index (χ4v) is 2.68. The third kappa shape index (κ3) is 11.3. The molecular weight excluding hydrogens is 312 g/mol. The van der Waals surface area contributed by atoms with E-state index in [1.807, 2.05) is 0 Å². The molecule has 0 aromatic heterocycles. The van der Waals surface area contributed by atoms with Crippen molar-refractivity contribution >= 4 is 0 Å². The minimum absolute atomic E-state index is 0.341. The topological polar surface area (TPSA) is 110 Å². The number of hydrogen-bond donors (Lipinski definition) is 5. The maximum absolute atomic E-state index is 9.83. The van der Waals surface area contributed by atoms with E-state index in [-0.39, 0.29) is 0 Å². The summed E-state index contributed by atoms with van der Waals surface area (Å²) < 4.78 is 5.42. The lowest BCUT2D eigenvalue weighted by atomic mass is 10.0. The Morgan fingerprint density at radius 1 is 0.667 bits per heavy atom. The number of ether oxygens (including phenoxy) is 1. The summed E-state index contributed by atoms with van der Waals surface area (Å²) in [6.45, 7) is 1.36. The van der Waals surface area contributed by atoms with Crippen molar-refractivity contribution in [3.63, 3.8) is 0 Å². The smallest absolute Gasteiger partial charge is 0.114 e. The second kappa shape index (κ2) is 16.2. The average molecular weight is 350 g/mol. The van der Waals surface area contributed by atoms with Gasteiger partial charge in [0.2, 0.25) is 0 Å². The van der Waals surface area contributed by atoms with Gasteiger partial charge in [0.1, 0.15) is 24.4 Å². The van der Waals surface area contributed by atoms with Crippen LogP contribution in [0.25, 0.3) is 0 Å². The zero-order valence-corrected chi connectivity index (χ0v) is 15.1. The van der Waals surface area contributed by atoms with Crippen LogP contribution in [0.3, 0.4) is 0 Å². The number of aliphatic hydroxyl groups is 5. The van der Waals surface area contributed by atoms with Crippen molar-refractivity contribution in [1.29, 1.82) is 0 Å². The van der Waals surface area contributed by atoms with Gasteiger partial charge in [0, 0.05) is 6.61 Å². The van der Waals surface area contributed by atoms with Crippen LogP contribution < -0.4 is 0 Å². The molecule has 0 aromatic rings. The van der Waals surface area contributed by atoms with Crippen molar-refractivity contribution in [3.8, 4) is 0 Å². The second-order valence-electron chi connectivity index (χ2n) is 6.51. The Kier molecular flexibility index (Phi) is 16.1. The molecule has 24 heavy (non-hydrogen) atoms. The Labute approximate surface area is 146 Å². The molecule has 4 atom stereocenters. The zero-order chi connectivity index (χ0) is 18.2. The van der Waals surface area contributed by atoms with Gasteiger partial charge in [-0.05, 0) is 6.42 Å². The summed E-state index contributed by atoms with van der Waals surface area (Å²) in [5, 5.41) is 46.8. The number of rotatable bonds is 17. The van der Waals surface area contributed by atoms with Gasteiger partial charge in [-0.25, -0.2) is 0 Å². The van der Waals surface area contributed by atoms with E-state index in [1.54, 1.807) is 0 Å². The van der Waals surface area contributed by atoms with Crippen LogP contribution in [0.2, 0.25) is 0 Å². The Morgan fingerprint density at radius 3 is 1.58 bits per heavy atom. The van der Waals surface area contributed by atoms with Crippen molar-refractivity contribution in [2.24, 2.45) is 0 Å². The molecule has 146 valence electrons. The molecule has 0 aliphatic carbocycles. The highest BCUT2D eigenvalue weighted by Gasteiger charge is 2.32. The van der Waals surface area contributed by atoms with Crippen LogP contribution in [-0.2, 0) is 4.74 Å². The molecule has 5 N–H and O–H groups in total. The largest absolute Gasteiger partial charge is 0.394 e.